The fourth-order valence-electron chi connectivity index (χ4n) is 4.34. The van der Waals surface area contributed by atoms with Gasteiger partial charge in [0.2, 0.25) is 10.0 Å². The number of benzene rings is 1. The summed E-state index contributed by atoms with van der Waals surface area (Å²) in [6.07, 6.45) is 1.86. The number of Topliss-reactive ketones (excluding diaryl/α,β-unsaturated/α-hetero) is 1. The lowest BCUT2D eigenvalue weighted by Crippen LogP contribution is -2.43. The molecule has 0 saturated heterocycles. The molecule has 0 spiro atoms. The van der Waals surface area contributed by atoms with E-state index in [9.17, 15) is 23.3 Å². The van der Waals surface area contributed by atoms with Crippen molar-refractivity contribution in [3.05, 3.63) is 32.8 Å². The summed E-state index contributed by atoms with van der Waals surface area (Å²) in [5.74, 6) is -0.0609. The third-order valence-corrected chi connectivity index (χ3v) is 8.10. The van der Waals surface area contributed by atoms with E-state index in [1.54, 1.807) is 0 Å². The van der Waals surface area contributed by atoms with Gasteiger partial charge < -0.3 is 0 Å². The van der Waals surface area contributed by atoms with E-state index in [2.05, 4.69) is 20.7 Å². The Balaban J connectivity index is 1.90. The minimum Gasteiger partial charge on any atom is -0.299 e. The molecule has 1 aromatic carbocycles. The van der Waals surface area contributed by atoms with Crippen molar-refractivity contribution in [1.29, 1.82) is 0 Å². The second kappa shape index (κ2) is 5.77. The third kappa shape index (κ3) is 2.87. The third-order valence-electron chi connectivity index (χ3n) is 6.00. The van der Waals surface area contributed by atoms with E-state index in [1.165, 1.54) is 18.2 Å². The summed E-state index contributed by atoms with van der Waals surface area (Å²) in [5, 5.41) is 10.9. The van der Waals surface area contributed by atoms with Crippen LogP contribution in [-0.4, -0.2) is 24.9 Å². The Morgan fingerprint density at radius 1 is 1.40 bits per heavy atom. The molecule has 0 amide bonds. The lowest BCUT2D eigenvalue weighted by atomic mass is 9.70. The number of halogens is 1. The molecule has 1 aromatic rings. The van der Waals surface area contributed by atoms with Crippen LogP contribution in [0.15, 0.2) is 22.7 Å². The van der Waals surface area contributed by atoms with E-state index in [0.29, 0.717) is 17.3 Å². The highest BCUT2D eigenvalue weighted by molar-refractivity contribution is 9.10. The van der Waals surface area contributed by atoms with E-state index < -0.39 is 20.4 Å². The first-order valence-corrected chi connectivity index (χ1v) is 10.4. The first kappa shape index (κ1) is 18.3. The van der Waals surface area contributed by atoms with Crippen LogP contribution >= 0.6 is 15.9 Å². The highest BCUT2D eigenvalue weighted by Crippen LogP contribution is 2.64. The van der Waals surface area contributed by atoms with Gasteiger partial charge in [-0.05, 0) is 46.2 Å². The Kier molecular flexibility index (Phi) is 4.23. The van der Waals surface area contributed by atoms with Crippen LogP contribution in [0.2, 0.25) is 0 Å². The summed E-state index contributed by atoms with van der Waals surface area (Å²) in [6.45, 7) is 3.93. The number of nitrogens with zero attached hydrogens (tertiary/aromatic N) is 1. The molecule has 136 valence electrons. The van der Waals surface area contributed by atoms with Crippen molar-refractivity contribution in [2.24, 2.45) is 16.7 Å². The minimum absolute atomic E-state index is 0.0113. The number of non-ortho nitro benzene ring substituents is 1. The summed E-state index contributed by atoms with van der Waals surface area (Å²) in [7, 11) is -3.85. The highest BCUT2D eigenvalue weighted by Gasteiger charge is 2.65. The van der Waals surface area contributed by atoms with Crippen molar-refractivity contribution in [1.82, 2.24) is 0 Å². The van der Waals surface area contributed by atoms with E-state index in [0.717, 1.165) is 6.42 Å². The van der Waals surface area contributed by atoms with Gasteiger partial charge in [0.05, 0.1) is 21.8 Å². The van der Waals surface area contributed by atoms with Crippen LogP contribution in [0.1, 0.15) is 33.1 Å². The molecule has 7 nitrogen and oxygen atoms in total. The second-order valence-electron chi connectivity index (χ2n) is 7.45. The van der Waals surface area contributed by atoms with Crippen LogP contribution in [0.5, 0.6) is 0 Å². The zero-order valence-corrected chi connectivity index (χ0v) is 16.3. The number of hydrogen-bond acceptors (Lipinski definition) is 5. The van der Waals surface area contributed by atoms with Crippen molar-refractivity contribution in [2.75, 3.05) is 10.5 Å². The van der Waals surface area contributed by atoms with Crippen molar-refractivity contribution >= 4 is 43.1 Å². The van der Waals surface area contributed by atoms with Crippen LogP contribution in [0.25, 0.3) is 0 Å². The predicted molar refractivity (Wildman–Crippen MR) is 96.8 cm³/mol. The number of ketones is 1. The first-order chi connectivity index (χ1) is 11.5. The predicted octanol–water partition coefficient (Wildman–Crippen LogP) is 3.49. The molecule has 2 aliphatic carbocycles. The number of carbonyl (C=O) groups is 1. The maximum atomic E-state index is 12.8. The van der Waals surface area contributed by atoms with Crippen LogP contribution < -0.4 is 4.72 Å². The van der Waals surface area contributed by atoms with Gasteiger partial charge >= 0.3 is 0 Å². The molecule has 3 rings (SSSR count). The van der Waals surface area contributed by atoms with Gasteiger partial charge in [-0.1, -0.05) is 13.8 Å². The smallest absolute Gasteiger partial charge is 0.271 e. The summed E-state index contributed by atoms with van der Waals surface area (Å²) >= 11 is 3.20. The summed E-state index contributed by atoms with van der Waals surface area (Å²) in [6, 6.07) is 3.87. The monoisotopic (exact) mass is 430 g/mol. The van der Waals surface area contributed by atoms with Gasteiger partial charge in [-0.15, -0.1) is 0 Å². The van der Waals surface area contributed by atoms with Crippen LogP contribution in [0.4, 0.5) is 11.4 Å². The molecule has 25 heavy (non-hydrogen) atoms. The summed E-state index contributed by atoms with van der Waals surface area (Å²) in [4.78, 5) is 22.8. The molecule has 2 atom stereocenters. The molecule has 0 aromatic heterocycles. The maximum absolute atomic E-state index is 12.8. The Bertz CT molecular complexity index is 867. The average Bonchev–Trinajstić information content (AvgIpc) is 2.82. The van der Waals surface area contributed by atoms with E-state index in [-0.39, 0.29) is 34.2 Å². The largest absolute Gasteiger partial charge is 0.299 e. The lowest BCUT2D eigenvalue weighted by molar-refractivity contribution is -0.384. The molecule has 2 bridgehead atoms. The molecule has 2 saturated carbocycles. The number of fused-ring (bicyclic) bond motifs is 2. The second-order valence-corrected chi connectivity index (χ2v) is 10.0. The van der Waals surface area contributed by atoms with Gasteiger partial charge in [-0.2, -0.15) is 0 Å². The standard InChI is InChI=1S/C16H19BrN2O5S/c1-15(2)10-5-6-16(15,14(20)7-10)9-25(23,24)18-13-8-11(19(21)22)3-4-12(13)17/h3-4,8,10,18H,5-7,9H2,1-2H3. The number of rotatable bonds is 5. The van der Waals surface area contributed by atoms with E-state index in [1.807, 2.05) is 13.8 Å². The molecule has 9 heteroatoms. The van der Waals surface area contributed by atoms with Gasteiger partial charge in [0.25, 0.3) is 5.69 Å². The number of nitrogens with one attached hydrogen (secondary N) is 1. The zero-order valence-electron chi connectivity index (χ0n) is 13.9. The molecule has 2 fully saturated rings. The highest BCUT2D eigenvalue weighted by atomic mass is 79.9. The van der Waals surface area contributed by atoms with Crippen molar-refractivity contribution in [3.63, 3.8) is 0 Å². The lowest BCUT2D eigenvalue weighted by Gasteiger charge is -2.36. The molecular weight excluding hydrogens is 412 g/mol. The molecule has 2 unspecified atom stereocenters. The number of nitro benzene ring substituents is 1. The van der Waals surface area contributed by atoms with E-state index >= 15 is 0 Å². The normalized spacial score (nSPS) is 27.5. The molecular formula is C16H19BrN2O5S. The molecule has 2 aliphatic rings. The number of carbonyl (C=O) groups excluding carboxylic acids is 1. The topological polar surface area (TPSA) is 106 Å². The maximum Gasteiger partial charge on any atom is 0.271 e. The van der Waals surface area contributed by atoms with Gasteiger partial charge in [-0.25, -0.2) is 8.42 Å². The van der Waals surface area contributed by atoms with Crippen molar-refractivity contribution in [2.45, 2.75) is 33.1 Å². The zero-order chi connectivity index (χ0) is 18.6. The number of nitro groups is 1. The van der Waals surface area contributed by atoms with Crippen LogP contribution in [-0.2, 0) is 14.8 Å². The Morgan fingerprint density at radius 3 is 2.60 bits per heavy atom. The summed E-state index contributed by atoms with van der Waals surface area (Å²) < 4.78 is 28.3. The Morgan fingerprint density at radius 2 is 2.08 bits per heavy atom. The van der Waals surface area contributed by atoms with Crippen LogP contribution in [0.3, 0.4) is 0 Å². The average molecular weight is 431 g/mol. The van der Waals surface area contributed by atoms with Gasteiger partial charge in [0.15, 0.2) is 0 Å². The van der Waals surface area contributed by atoms with Gasteiger partial charge in [0.1, 0.15) is 5.78 Å². The van der Waals surface area contributed by atoms with Crippen molar-refractivity contribution in [3.8, 4) is 0 Å². The quantitative estimate of drug-likeness (QED) is 0.568. The fourth-order valence-corrected chi connectivity index (χ4v) is 6.72. The number of sulfonamides is 1. The molecule has 1 N–H and O–H groups in total. The summed E-state index contributed by atoms with van der Waals surface area (Å²) in [5.41, 5.74) is -1.35. The number of hydrogen-bond donors (Lipinski definition) is 1. The first-order valence-electron chi connectivity index (χ1n) is 7.96. The Labute approximate surface area is 154 Å². The molecule has 0 heterocycles. The molecule has 0 aliphatic heterocycles. The number of anilines is 1. The van der Waals surface area contributed by atoms with Crippen molar-refractivity contribution < 1.29 is 18.1 Å². The minimum atomic E-state index is -3.85. The SMILES string of the molecule is CC1(C)C2CCC1(CS(=O)(=O)Nc1cc([N+](=O)[O-])ccc1Br)C(=O)C2. The molecule has 0 radical (unpaired) electrons. The fraction of sp³-hybridized carbons (Fsp3) is 0.562. The Hall–Kier alpha value is -1.48. The van der Waals surface area contributed by atoms with Gasteiger partial charge in [0, 0.05) is 23.0 Å². The van der Waals surface area contributed by atoms with E-state index in [4.69, 9.17) is 0 Å². The van der Waals surface area contributed by atoms with Gasteiger partial charge in [-0.3, -0.25) is 19.6 Å². The van der Waals surface area contributed by atoms with Crippen LogP contribution in [0, 0.1) is 26.9 Å².